The van der Waals surface area contributed by atoms with Crippen LogP contribution in [-0.4, -0.2) is 45.9 Å². The molecule has 29 heavy (non-hydrogen) atoms. The second-order valence-corrected chi connectivity index (χ2v) is 8.86. The van der Waals surface area contributed by atoms with Gasteiger partial charge in [0, 0.05) is 35.0 Å². The Labute approximate surface area is 175 Å². The number of nitrogens with zero attached hydrogens (tertiary/aromatic N) is 4. The Morgan fingerprint density at radius 3 is 2.79 bits per heavy atom. The van der Waals surface area contributed by atoms with E-state index < -0.39 is 0 Å². The first kappa shape index (κ1) is 18.7. The van der Waals surface area contributed by atoms with Gasteiger partial charge in [-0.05, 0) is 18.4 Å². The number of hydrogen-bond acceptors (Lipinski definition) is 8. The Morgan fingerprint density at radius 1 is 1.21 bits per heavy atom. The fourth-order valence-electron chi connectivity index (χ4n) is 3.57. The highest BCUT2D eigenvalue weighted by atomic mass is 32.1. The first-order chi connectivity index (χ1) is 14.2. The zero-order chi connectivity index (χ0) is 19.8. The van der Waals surface area contributed by atoms with Crippen LogP contribution in [0.3, 0.4) is 0 Å². The summed E-state index contributed by atoms with van der Waals surface area (Å²) in [6.45, 7) is 5.88. The van der Waals surface area contributed by atoms with Gasteiger partial charge in [-0.1, -0.05) is 11.2 Å². The molecule has 0 spiro atoms. The number of morpholine rings is 1. The summed E-state index contributed by atoms with van der Waals surface area (Å²) < 4.78 is 12.6. The maximum absolute atomic E-state index is 13.6. The molecule has 0 bridgehead atoms. The topological polar surface area (TPSA) is 73.4 Å². The highest BCUT2D eigenvalue weighted by Crippen LogP contribution is 2.34. The van der Waals surface area contributed by atoms with Gasteiger partial charge in [0.2, 0.25) is 0 Å². The van der Waals surface area contributed by atoms with E-state index in [1.54, 1.807) is 15.9 Å². The summed E-state index contributed by atoms with van der Waals surface area (Å²) in [6, 6.07) is 5.90. The summed E-state index contributed by atoms with van der Waals surface area (Å²) in [4.78, 5) is 22.6. The minimum Gasteiger partial charge on any atom is -0.379 e. The molecular formula is C20H20N4O3S2. The Bertz CT molecular complexity index is 1190. The normalized spacial score (nSPS) is 15.3. The third kappa shape index (κ3) is 3.66. The predicted molar refractivity (Wildman–Crippen MR) is 114 cm³/mol. The van der Waals surface area contributed by atoms with Gasteiger partial charge >= 0.3 is 0 Å². The average Bonchev–Trinajstić information content (AvgIpc) is 3.46. The van der Waals surface area contributed by atoms with Gasteiger partial charge in [-0.25, -0.2) is 4.98 Å². The minimum atomic E-state index is -0.0306. The van der Waals surface area contributed by atoms with Gasteiger partial charge < -0.3 is 9.26 Å². The van der Waals surface area contributed by atoms with E-state index in [2.05, 4.69) is 10.1 Å². The Morgan fingerprint density at radius 2 is 2.07 bits per heavy atom. The van der Waals surface area contributed by atoms with Crippen molar-refractivity contribution in [3.05, 3.63) is 56.6 Å². The van der Waals surface area contributed by atoms with Gasteiger partial charge in [0.25, 0.3) is 5.56 Å². The van der Waals surface area contributed by atoms with Crippen molar-refractivity contribution in [2.24, 2.45) is 0 Å². The van der Waals surface area contributed by atoms with Crippen LogP contribution in [0.15, 0.2) is 38.3 Å². The van der Waals surface area contributed by atoms with Crippen molar-refractivity contribution in [1.29, 1.82) is 0 Å². The van der Waals surface area contributed by atoms with E-state index >= 15 is 0 Å². The zero-order valence-electron chi connectivity index (χ0n) is 16.0. The van der Waals surface area contributed by atoms with Crippen molar-refractivity contribution in [2.75, 3.05) is 26.3 Å². The summed E-state index contributed by atoms with van der Waals surface area (Å²) >= 11 is 3.16. The third-order valence-electron chi connectivity index (χ3n) is 5.02. The number of thiophene rings is 2. The minimum absolute atomic E-state index is 0.0306. The number of aryl methyl sites for hydroxylation is 1. The second kappa shape index (κ2) is 7.83. The highest BCUT2D eigenvalue weighted by Gasteiger charge is 2.21. The lowest BCUT2D eigenvalue weighted by Gasteiger charge is -2.27. The lowest BCUT2D eigenvalue weighted by atomic mass is 10.2. The van der Waals surface area contributed by atoms with Crippen LogP contribution in [-0.2, 0) is 17.8 Å². The maximum atomic E-state index is 13.6. The van der Waals surface area contributed by atoms with E-state index in [0.717, 1.165) is 39.9 Å². The van der Waals surface area contributed by atoms with Crippen LogP contribution in [0.1, 0.15) is 17.3 Å². The molecule has 4 aromatic heterocycles. The van der Waals surface area contributed by atoms with E-state index in [9.17, 15) is 4.79 Å². The Kier molecular flexibility index (Phi) is 5.04. The molecule has 150 valence electrons. The molecule has 0 unspecified atom stereocenters. The van der Waals surface area contributed by atoms with Crippen molar-refractivity contribution in [1.82, 2.24) is 19.6 Å². The molecule has 1 fully saturated rings. The van der Waals surface area contributed by atoms with Crippen molar-refractivity contribution >= 4 is 32.9 Å². The van der Waals surface area contributed by atoms with E-state index in [1.807, 2.05) is 35.9 Å². The van der Waals surface area contributed by atoms with Gasteiger partial charge in [-0.2, -0.15) is 0 Å². The van der Waals surface area contributed by atoms with Gasteiger partial charge in [0.15, 0.2) is 5.76 Å². The monoisotopic (exact) mass is 428 g/mol. The maximum Gasteiger partial charge on any atom is 0.263 e. The lowest BCUT2D eigenvalue weighted by Crippen LogP contribution is -2.38. The van der Waals surface area contributed by atoms with Crippen molar-refractivity contribution in [3.63, 3.8) is 0 Å². The summed E-state index contributed by atoms with van der Waals surface area (Å²) in [6.07, 6.45) is 0. The van der Waals surface area contributed by atoms with Crippen LogP contribution in [0, 0.1) is 6.92 Å². The Hall–Kier alpha value is -2.33. The van der Waals surface area contributed by atoms with Crippen LogP contribution in [0.5, 0.6) is 0 Å². The van der Waals surface area contributed by atoms with Crippen LogP contribution >= 0.6 is 22.7 Å². The molecule has 0 amide bonds. The number of aromatic nitrogens is 3. The van der Waals surface area contributed by atoms with E-state index in [0.29, 0.717) is 37.4 Å². The summed E-state index contributed by atoms with van der Waals surface area (Å²) in [5.74, 6) is 1.40. The molecule has 1 aliphatic heterocycles. The smallest absolute Gasteiger partial charge is 0.263 e. The summed E-state index contributed by atoms with van der Waals surface area (Å²) in [5.41, 5.74) is 1.72. The van der Waals surface area contributed by atoms with E-state index in [-0.39, 0.29) is 5.56 Å². The van der Waals surface area contributed by atoms with Crippen molar-refractivity contribution in [2.45, 2.75) is 20.0 Å². The zero-order valence-corrected chi connectivity index (χ0v) is 17.6. The number of fused-ring (bicyclic) bond motifs is 1. The molecule has 4 aromatic rings. The molecule has 0 atom stereocenters. The van der Waals surface area contributed by atoms with E-state index in [4.69, 9.17) is 14.2 Å². The molecule has 1 saturated heterocycles. The molecule has 9 heteroatoms. The van der Waals surface area contributed by atoms with Crippen molar-refractivity contribution < 1.29 is 9.26 Å². The average molecular weight is 429 g/mol. The number of hydrogen-bond donors (Lipinski definition) is 0. The highest BCUT2D eigenvalue weighted by molar-refractivity contribution is 7.18. The molecule has 5 rings (SSSR count). The molecule has 5 heterocycles. The fraction of sp³-hybridized carbons (Fsp3) is 0.350. The van der Waals surface area contributed by atoms with Gasteiger partial charge in [-0.3, -0.25) is 14.3 Å². The molecular weight excluding hydrogens is 408 g/mol. The van der Waals surface area contributed by atoms with E-state index in [1.165, 1.54) is 11.3 Å². The van der Waals surface area contributed by atoms with Crippen LogP contribution in [0.25, 0.3) is 20.7 Å². The molecule has 1 aliphatic rings. The van der Waals surface area contributed by atoms with Gasteiger partial charge in [0.1, 0.15) is 10.7 Å². The SMILES string of the molecule is Cc1cc(Cn2c(CN3CCOCC3)nc3scc(-c4cccs4)c3c2=O)on1. The fourth-order valence-corrected chi connectivity index (χ4v) is 5.34. The standard InChI is InChI=1S/C20H20N4O3S2/c1-13-9-14(27-22-13)10-24-17(11-23-4-6-26-7-5-23)21-19-18(20(24)25)15(12-29-19)16-3-2-8-28-16/h2-3,8-9,12H,4-7,10-11H2,1H3. The van der Waals surface area contributed by atoms with Crippen LogP contribution in [0.2, 0.25) is 0 Å². The molecule has 7 nitrogen and oxygen atoms in total. The molecule has 0 saturated carbocycles. The first-order valence-corrected chi connectivity index (χ1v) is 11.2. The van der Waals surface area contributed by atoms with Crippen molar-refractivity contribution in [3.8, 4) is 10.4 Å². The van der Waals surface area contributed by atoms with Gasteiger partial charge in [0.05, 0.1) is 37.4 Å². The third-order valence-corrected chi connectivity index (χ3v) is 6.79. The summed E-state index contributed by atoms with van der Waals surface area (Å²) in [5, 5.41) is 8.70. The lowest BCUT2D eigenvalue weighted by molar-refractivity contribution is 0.0324. The largest absolute Gasteiger partial charge is 0.379 e. The quantitative estimate of drug-likeness (QED) is 0.485. The molecule has 0 radical (unpaired) electrons. The Balaban J connectivity index is 1.63. The predicted octanol–water partition coefficient (Wildman–Crippen LogP) is 3.36. The molecule has 0 N–H and O–H groups in total. The van der Waals surface area contributed by atoms with Crippen LogP contribution < -0.4 is 5.56 Å². The summed E-state index contributed by atoms with van der Waals surface area (Å²) in [7, 11) is 0. The second-order valence-electron chi connectivity index (χ2n) is 7.05. The van der Waals surface area contributed by atoms with Gasteiger partial charge in [-0.15, -0.1) is 22.7 Å². The number of ether oxygens (including phenoxy) is 1. The molecule has 0 aliphatic carbocycles. The van der Waals surface area contributed by atoms with Crippen LogP contribution in [0.4, 0.5) is 0 Å². The number of rotatable bonds is 5. The molecule has 0 aromatic carbocycles. The first-order valence-electron chi connectivity index (χ1n) is 9.46.